The monoisotopic (exact) mass is 329 g/mol. The normalized spacial score (nSPS) is 18.5. The minimum atomic E-state index is -0.198. The average Bonchev–Trinajstić information content (AvgIpc) is 3.23. The van der Waals surface area contributed by atoms with Crippen molar-refractivity contribution in [3.05, 3.63) is 42.0 Å². The average molecular weight is 329 g/mol. The minimum Gasteiger partial charge on any atom is -0.497 e. The molecule has 1 aliphatic rings. The highest BCUT2D eigenvalue weighted by atomic mass is 16.5. The van der Waals surface area contributed by atoms with E-state index in [0.29, 0.717) is 0 Å². The zero-order valence-corrected chi connectivity index (χ0v) is 14.3. The van der Waals surface area contributed by atoms with E-state index in [9.17, 15) is 4.79 Å². The summed E-state index contributed by atoms with van der Waals surface area (Å²) in [7, 11) is 3.52. The van der Waals surface area contributed by atoms with Crippen LogP contribution in [0.3, 0.4) is 0 Å². The first-order valence-electron chi connectivity index (χ1n) is 8.15. The number of urea groups is 1. The fourth-order valence-corrected chi connectivity index (χ4v) is 3.22. The van der Waals surface area contributed by atoms with Crippen LogP contribution in [0.25, 0.3) is 0 Å². The van der Waals surface area contributed by atoms with Crippen LogP contribution in [-0.4, -0.2) is 39.4 Å². The van der Waals surface area contributed by atoms with Crippen molar-refractivity contribution >= 4 is 6.03 Å². The molecule has 1 N–H and O–H groups in total. The molecular formula is C17H23N5O2. The second-order valence-electron chi connectivity index (χ2n) is 6.10. The number of nitrogens with zero attached hydrogens (tertiary/aromatic N) is 4. The standard InChI is InChI=1S/C17H23N5O2/c1-12(16-20-18-11-21(16)2)19-17(23)22-9-5-8-15(22)13-6-4-7-14(10-13)24-3/h4,6-7,10-12,15H,5,8-9H2,1-3H3,(H,19,23)/t12-,15-/m0/s1. The molecule has 3 rings (SSSR count). The van der Waals surface area contributed by atoms with Crippen LogP contribution in [0.15, 0.2) is 30.6 Å². The quantitative estimate of drug-likeness (QED) is 0.935. The van der Waals surface area contributed by atoms with Crippen LogP contribution in [-0.2, 0) is 7.05 Å². The lowest BCUT2D eigenvalue weighted by atomic mass is 10.0. The largest absolute Gasteiger partial charge is 0.497 e. The molecule has 0 unspecified atom stereocenters. The van der Waals surface area contributed by atoms with Gasteiger partial charge in [-0.05, 0) is 37.5 Å². The van der Waals surface area contributed by atoms with Crippen molar-refractivity contribution in [3.8, 4) is 5.75 Å². The molecule has 1 aliphatic heterocycles. The predicted octanol–water partition coefficient (Wildman–Crippen LogP) is 2.43. The van der Waals surface area contributed by atoms with Crippen LogP contribution in [0, 0.1) is 0 Å². The van der Waals surface area contributed by atoms with Crippen LogP contribution in [0.1, 0.15) is 43.2 Å². The molecule has 7 nitrogen and oxygen atoms in total. The van der Waals surface area contributed by atoms with Gasteiger partial charge in [-0.3, -0.25) is 0 Å². The van der Waals surface area contributed by atoms with Crippen molar-refractivity contribution < 1.29 is 9.53 Å². The number of aromatic nitrogens is 3. The van der Waals surface area contributed by atoms with Crippen molar-refractivity contribution in [3.63, 3.8) is 0 Å². The van der Waals surface area contributed by atoms with Crippen molar-refractivity contribution in [2.45, 2.75) is 31.8 Å². The number of carbonyl (C=O) groups is 1. The number of benzene rings is 1. The molecule has 24 heavy (non-hydrogen) atoms. The van der Waals surface area contributed by atoms with Gasteiger partial charge < -0.3 is 19.5 Å². The lowest BCUT2D eigenvalue weighted by molar-refractivity contribution is 0.189. The highest BCUT2D eigenvalue weighted by molar-refractivity contribution is 5.75. The molecule has 2 heterocycles. The fraction of sp³-hybridized carbons (Fsp3) is 0.471. The molecule has 1 aromatic carbocycles. The third kappa shape index (κ3) is 3.20. The highest BCUT2D eigenvalue weighted by Gasteiger charge is 2.31. The molecule has 1 saturated heterocycles. The van der Waals surface area contributed by atoms with Gasteiger partial charge in [0.25, 0.3) is 0 Å². The second kappa shape index (κ2) is 6.90. The van der Waals surface area contributed by atoms with Gasteiger partial charge in [-0.2, -0.15) is 0 Å². The molecule has 2 atom stereocenters. The molecule has 7 heteroatoms. The van der Waals surface area contributed by atoms with Crippen LogP contribution >= 0.6 is 0 Å². The first-order chi connectivity index (χ1) is 11.6. The van der Waals surface area contributed by atoms with E-state index in [1.54, 1.807) is 13.4 Å². The lowest BCUT2D eigenvalue weighted by Gasteiger charge is -2.27. The van der Waals surface area contributed by atoms with Crippen LogP contribution in [0.2, 0.25) is 0 Å². The molecule has 1 aromatic heterocycles. The van der Waals surface area contributed by atoms with Crippen molar-refractivity contribution in [2.24, 2.45) is 7.05 Å². The van der Waals surface area contributed by atoms with Crippen LogP contribution in [0.5, 0.6) is 5.75 Å². The number of aryl methyl sites for hydroxylation is 1. The highest BCUT2D eigenvalue weighted by Crippen LogP contribution is 2.33. The molecule has 0 aliphatic carbocycles. The maximum atomic E-state index is 12.7. The summed E-state index contributed by atoms with van der Waals surface area (Å²) in [6, 6.07) is 7.73. The summed E-state index contributed by atoms with van der Waals surface area (Å²) in [5.41, 5.74) is 1.10. The lowest BCUT2D eigenvalue weighted by Crippen LogP contribution is -2.41. The van der Waals surface area contributed by atoms with Gasteiger partial charge in [-0.1, -0.05) is 12.1 Å². The molecule has 0 saturated carbocycles. The number of hydrogen-bond donors (Lipinski definition) is 1. The van der Waals surface area contributed by atoms with Crippen molar-refractivity contribution in [1.29, 1.82) is 0 Å². The van der Waals surface area contributed by atoms with Gasteiger partial charge in [0.2, 0.25) is 0 Å². The fourth-order valence-electron chi connectivity index (χ4n) is 3.22. The van der Waals surface area contributed by atoms with Crippen LogP contribution in [0.4, 0.5) is 4.79 Å². The summed E-state index contributed by atoms with van der Waals surface area (Å²) in [5.74, 6) is 1.55. The van der Waals surface area contributed by atoms with Gasteiger partial charge in [-0.25, -0.2) is 4.79 Å². The number of hydrogen-bond acceptors (Lipinski definition) is 4. The number of likely N-dealkylation sites (tertiary alicyclic amines) is 1. The number of carbonyl (C=O) groups excluding carboxylic acids is 1. The Labute approximate surface area is 141 Å². The molecule has 128 valence electrons. The van der Waals surface area contributed by atoms with E-state index in [2.05, 4.69) is 15.5 Å². The SMILES string of the molecule is COc1cccc([C@@H]2CCCN2C(=O)N[C@@H](C)c2nncn2C)c1. The Morgan fingerprint density at radius 1 is 1.46 bits per heavy atom. The number of nitrogens with one attached hydrogen (secondary N) is 1. The van der Waals surface area contributed by atoms with Crippen molar-refractivity contribution in [1.82, 2.24) is 25.0 Å². The van der Waals surface area contributed by atoms with E-state index in [1.165, 1.54) is 0 Å². The molecule has 0 spiro atoms. The Balaban J connectivity index is 1.72. The zero-order valence-electron chi connectivity index (χ0n) is 14.3. The third-order valence-electron chi connectivity index (χ3n) is 4.47. The second-order valence-corrected chi connectivity index (χ2v) is 6.10. The molecule has 2 aromatic rings. The molecule has 1 fully saturated rings. The Morgan fingerprint density at radius 2 is 2.29 bits per heavy atom. The van der Waals surface area contributed by atoms with Gasteiger partial charge in [0.05, 0.1) is 19.2 Å². The molecule has 0 bridgehead atoms. The Morgan fingerprint density at radius 3 is 3.00 bits per heavy atom. The van der Waals surface area contributed by atoms with Gasteiger partial charge in [0.15, 0.2) is 5.82 Å². The zero-order chi connectivity index (χ0) is 17.1. The smallest absolute Gasteiger partial charge is 0.318 e. The molecular weight excluding hydrogens is 306 g/mol. The van der Waals surface area contributed by atoms with Gasteiger partial charge >= 0.3 is 6.03 Å². The Bertz CT molecular complexity index is 715. The minimum absolute atomic E-state index is 0.0733. The summed E-state index contributed by atoms with van der Waals surface area (Å²) >= 11 is 0. The van der Waals surface area contributed by atoms with Gasteiger partial charge in [0, 0.05) is 13.6 Å². The molecule has 0 radical (unpaired) electrons. The van der Waals surface area contributed by atoms with E-state index < -0.39 is 0 Å². The van der Waals surface area contributed by atoms with Gasteiger partial charge in [0.1, 0.15) is 12.1 Å². The Hall–Kier alpha value is -2.57. The summed E-state index contributed by atoms with van der Waals surface area (Å²) in [4.78, 5) is 14.6. The molecule has 2 amide bonds. The van der Waals surface area contributed by atoms with E-state index in [1.807, 2.05) is 47.7 Å². The topological polar surface area (TPSA) is 72.3 Å². The van der Waals surface area contributed by atoms with E-state index in [0.717, 1.165) is 36.5 Å². The van der Waals surface area contributed by atoms with Crippen LogP contribution < -0.4 is 10.1 Å². The maximum absolute atomic E-state index is 12.7. The summed E-state index contributed by atoms with van der Waals surface area (Å²) < 4.78 is 7.11. The number of rotatable bonds is 4. The van der Waals surface area contributed by atoms with E-state index in [4.69, 9.17) is 4.74 Å². The first-order valence-corrected chi connectivity index (χ1v) is 8.15. The van der Waals surface area contributed by atoms with Gasteiger partial charge in [-0.15, -0.1) is 10.2 Å². The third-order valence-corrected chi connectivity index (χ3v) is 4.47. The van der Waals surface area contributed by atoms with E-state index >= 15 is 0 Å². The number of amides is 2. The first kappa shape index (κ1) is 16.3. The summed E-state index contributed by atoms with van der Waals surface area (Å²) in [6.45, 7) is 2.66. The Kier molecular flexibility index (Phi) is 4.69. The van der Waals surface area contributed by atoms with Crippen molar-refractivity contribution in [2.75, 3.05) is 13.7 Å². The summed E-state index contributed by atoms with van der Waals surface area (Å²) in [6.07, 6.45) is 3.58. The predicted molar refractivity (Wildman–Crippen MR) is 89.6 cm³/mol. The van der Waals surface area contributed by atoms with E-state index in [-0.39, 0.29) is 18.1 Å². The number of methoxy groups -OCH3 is 1. The maximum Gasteiger partial charge on any atom is 0.318 e. The number of ether oxygens (including phenoxy) is 1. The summed E-state index contributed by atoms with van der Waals surface area (Å²) in [5, 5.41) is 10.9.